The quantitative estimate of drug-likeness (QED) is 0.447. The van der Waals surface area contributed by atoms with Crippen molar-refractivity contribution in [3.63, 3.8) is 0 Å². The molecule has 1 N–H and O–H groups in total. The summed E-state index contributed by atoms with van der Waals surface area (Å²) < 4.78 is 46.6. The van der Waals surface area contributed by atoms with Gasteiger partial charge < -0.3 is 10.1 Å². The summed E-state index contributed by atoms with van der Waals surface area (Å²) in [5.41, 5.74) is 2.22. The lowest BCUT2D eigenvalue weighted by Crippen LogP contribution is -2.54. The van der Waals surface area contributed by atoms with Gasteiger partial charge in [0.2, 0.25) is 10.0 Å². The second kappa shape index (κ2) is 11.1. The molecular weight excluding hydrogens is 543 g/mol. The van der Waals surface area contributed by atoms with Crippen LogP contribution in [0.15, 0.2) is 42.5 Å². The summed E-state index contributed by atoms with van der Waals surface area (Å²) >= 11 is 6.08. The monoisotopic (exact) mass is 572 g/mol. The Balaban J connectivity index is 1.59. The molecule has 11 heteroatoms. The molecule has 3 aromatic rings. The molecule has 2 heterocycles. The molecule has 1 aliphatic rings. The van der Waals surface area contributed by atoms with E-state index in [1.165, 1.54) is 15.1 Å². The number of carbonyl (C=O) groups is 1. The summed E-state index contributed by atoms with van der Waals surface area (Å²) in [5.74, 6) is 4.78. The van der Waals surface area contributed by atoms with Gasteiger partial charge in [-0.15, -0.1) is 0 Å². The van der Waals surface area contributed by atoms with Crippen molar-refractivity contribution in [3.05, 3.63) is 70.1 Å². The molecule has 2 aromatic carbocycles. The first kappa shape index (κ1) is 28.8. The van der Waals surface area contributed by atoms with Gasteiger partial charge >= 0.3 is 0 Å². The average Bonchev–Trinajstić information content (AvgIpc) is 3.13. The fraction of sp³-hybridized carbons (Fsp3) is 0.357. The summed E-state index contributed by atoms with van der Waals surface area (Å²) in [6.45, 7) is 8.10. The smallest absolute Gasteiger partial charge is 0.272 e. The first-order chi connectivity index (χ1) is 18.2. The highest BCUT2D eigenvalue weighted by atomic mass is 35.5. The summed E-state index contributed by atoms with van der Waals surface area (Å²) in [5, 5.41) is 7.98. The van der Waals surface area contributed by atoms with Gasteiger partial charge in [0, 0.05) is 40.3 Å². The van der Waals surface area contributed by atoms with E-state index in [1.54, 1.807) is 43.3 Å². The molecule has 1 amide bonds. The Morgan fingerprint density at radius 1 is 1.21 bits per heavy atom. The van der Waals surface area contributed by atoms with E-state index in [4.69, 9.17) is 16.3 Å². The van der Waals surface area contributed by atoms with Crippen molar-refractivity contribution in [2.45, 2.75) is 39.3 Å². The number of rotatable bonds is 6. The lowest BCUT2D eigenvalue weighted by Gasteiger charge is -2.36. The van der Waals surface area contributed by atoms with Crippen molar-refractivity contribution in [2.24, 2.45) is 0 Å². The average molecular weight is 573 g/mol. The highest BCUT2D eigenvalue weighted by Gasteiger charge is 2.33. The van der Waals surface area contributed by atoms with E-state index in [-0.39, 0.29) is 30.0 Å². The first-order valence-corrected chi connectivity index (χ1v) is 14.5. The molecule has 0 bridgehead atoms. The van der Waals surface area contributed by atoms with Crippen LogP contribution in [0.1, 0.15) is 42.4 Å². The molecule has 1 saturated heterocycles. The maximum absolute atomic E-state index is 15.4. The van der Waals surface area contributed by atoms with Crippen molar-refractivity contribution >= 4 is 27.5 Å². The van der Waals surface area contributed by atoms with Gasteiger partial charge in [0.15, 0.2) is 5.69 Å². The molecule has 0 atom stereocenters. The van der Waals surface area contributed by atoms with Crippen molar-refractivity contribution in [1.29, 1.82) is 0 Å². The molecule has 0 saturated carbocycles. The number of benzene rings is 2. The van der Waals surface area contributed by atoms with Gasteiger partial charge in [0.1, 0.15) is 18.1 Å². The molecule has 0 radical (unpaired) electrons. The Hall–Kier alpha value is -3.23. The fourth-order valence-corrected chi connectivity index (χ4v) is 5.06. The summed E-state index contributed by atoms with van der Waals surface area (Å²) in [6, 6.07) is 11.6. The normalized spacial score (nSPS) is 14.4. The van der Waals surface area contributed by atoms with E-state index >= 15 is 4.39 Å². The van der Waals surface area contributed by atoms with Gasteiger partial charge in [-0.1, -0.05) is 35.6 Å². The van der Waals surface area contributed by atoms with Gasteiger partial charge in [0.25, 0.3) is 5.91 Å². The van der Waals surface area contributed by atoms with Crippen LogP contribution in [0.3, 0.4) is 0 Å². The molecule has 0 spiro atoms. The van der Waals surface area contributed by atoms with Gasteiger partial charge in [-0.2, -0.15) is 9.40 Å². The zero-order valence-electron chi connectivity index (χ0n) is 22.4. The van der Waals surface area contributed by atoms with Crippen LogP contribution < -0.4 is 5.32 Å². The minimum Gasteiger partial charge on any atom is -0.363 e. The Morgan fingerprint density at radius 2 is 1.87 bits per heavy atom. The van der Waals surface area contributed by atoms with Crippen LogP contribution >= 0.6 is 11.6 Å². The number of amides is 1. The Kier molecular flexibility index (Phi) is 8.19. The molecule has 206 valence electrons. The Bertz CT molecular complexity index is 1560. The van der Waals surface area contributed by atoms with Crippen molar-refractivity contribution < 1.29 is 22.3 Å². The molecule has 39 heavy (non-hydrogen) atoms. The zero-order chi connectivity index (χ0) is 28.5. The van der Waals surface area contributed by atoms with Crippen LogP contribution in [-0.4, -0.2) is 66.0 Å². The van der Waals surface area contributed by atoms with E-state index in [9.17, 15) is 13.2 Å². The van der Waals surface area contributed by atoms with E-state index in [2.05, 4.69) is 22.3 Å². The van der Waals surface area contributed by atoms with Crippen LogP contribution in [0.5, 0.6) is 0 Å². The predicted molar refractivity (Wildman–Crippen MR) is 149 cm³/mol. The number of ether oxygens (including phenoxy) is 1. The third kappa shape index (κ3) is 6.86. The van der Waals surface area contributed by atoms with E-state index < -0.39 is 21.4 Å². The van der Waals surface area contributed by atoms with E-state index in [0.29, 0.717) is 34.9 Å². The van der Waals surface area contributed by atoms with Crippen LogP contribution in [-0.2, 0) is 14.8 Å². The number of sulfonamides is 1. The van der Waals surface area contributed by atoms with Crippen LogP contribution in [0.25, 0.3) is 16.9 Å². The summed E-state index contributed by atoms with van der Waals surface area (Å²) in [6.07, 6.45) is 0.957. The molecule has 4 rings (SSSR count). The SMILES string of the molecule is Cc1c(C(=O)NC(C)(C)C)nn(-c2ccc(C#CCOC3CN(S(C)(=O)=O)C3)cc2F)c1-c1ccc(Cl)cc1. The molecule has 8 nitrogen and oxygen atoms in total. The molecule has 0 aliphatic carbocycles. The number of hydrogen-bond donors (Lipinski definition) is 1. The lowest BCUT2D eigenvalue weighted by atomic mass is 10.0. The molecule has 1 aromatic heterocycles. The third-order valence-electron chi connectivity index (χ3n) is 6.03. The topological polar surface area (TPSA) is 93.5 Å². The Morgan fingerprint density at radius 3 is 2.46 bits per heavy atom. The minimum atomic E-state index is -3.20. The maximum Gasteiger partial charge on any atom is 0.272 e. The predicted octanol–water partition coefficient (Wildman–Crippen LogP) is 4.18. The van der Waals surface area contributed by atoms with Crippen molar-refractivity contribution in [1.82, 2.24) is 19.4 Å². The molecule has 1 aliphatic heterocycles. The van der Waals surface area contributed by atoms with Crippen LogP contribution in [0.4, 0.5) is 4.39 Å². The van der Waals surface area contributed by atoms with Gasteiger partial charge in [0.05, 0.1) is 18.1 Å². The zero-order valence-corrected chi connectivity index (χ0v) is 24.0. The number of hydrogen-bond acceptors (Lipinski definition) is 5. The van der Waals surface area contributed by atoms with Crippen molar-refractivity contribution in [3.8, 4) is 28.8 Å². The molecular formula is C28H30ClFN4O4S. The fourth-order valence-electron chi connectivity index (χ4n) is 4.06. The highest BCUT2D eigenvalue weighted by Crippen LogP contribution is 2.31. The number of halogens is 2. The van der Waals surface area contributed by atoms with Crippen molar-refractivity contribution in [2.75, 3.05) is 26.0 Å². The minimum absolute atomic E-state index is 0.0942. The van der Waals surface area contributed by atoms with Gasteiger partial charge in [-0.3, -0.25) is 4.79 Å². The summed E-state index contributed by atoms with van der Waals surface area (Å²) in [7, 11) is -3.20. The molecule has 1 fully saturated rings. The Labute approximate surface area is 233 Å². The second-order valence-electron chi connectivity index (χ2n) is 10.4. The van der Waals surface area contributed by atoms with Gasteiger partial charge in [-0.25, -0.2) is 17.5 Å². The van der Waals surface area contributed by atoms with Gasteiger partial charge in [-0.05, 0) is 58.0 Å². The van der Waals surface area contributed by atoms with E-state index in [1.807, 2.05) is 20.8 Å². The summed E-state index contributed by atoms with van der Waals surface area (Å²) in [4.78, 5) is 13.0. The standard InChI is InChI=1S/C28H30ClFN4O4S/c1-18-25(27(35)31-28(2,3)4)32-34(26(18)20-9-11-21(29)12-10-20)24-13-8-19(15-23(24)30)7-6-14-38-22-16-33(17-22)39(5,36)37/h8-13,15,22H,14,16-17H2,1-5H3,(H,31,35). The highest BCUT2D eigenvalue weighted by molar-refractivity contribution is 7.88. The van der Waals surface area contributed by atoms with E-state index in [0.717, 1.165) is 11.8 Å². The number of nitrogens with one attached hydrogen (secondary N) is 1. The second-order valence-corrected chi connectivity index (χ2v) is 12.8. The maximum atomic E-state index is 15.4. The van der Waals surface area contributed by atoms with Crippen LogP contribution in [0.2, 0.25) is 5.02 Å². The number of aromatic nitrogens is 2. The largest absolute Gasteiger partial charge is 0.363 e. The number of nitrogens with zero attached hydrogens (tertiary/aromatic N) is 3. The molecule has 0 unspecified atom stereocenters. The third-order valence-corrected chi connectivity index (χ3v) is 7.51. The number of carbonyl (C=O) groups excluding carboxylic acids is 1. The van der Waals surface area contributed by atoms with Crippen LogP contribution in [0, 0.1) is 24.6 Å². The first-order valence-electron chi connectivity index (χ1n) is 12.3. The lowest BCUT2D eigenvalue weighted by molar-refractivity contribution is -0.00343.